The van der Waals surface area contributed by atoms with E-state index in [0.29, 0.717) is 17.8 Å². The van der Waals surface area contributed by atoms with E-state index in [2.05, 4.69) is 0 Å². The number of hydrogen-bond acceptors (Lipinski definition) is 7. The van der Waals surface area contributed by atoms with E-state index in [1.807, 2.05) is 7.11 Å². The van der Waals surface area contributed by atoms with Crippen LogP contribution >= 0.6 is 0 Å². The van der Waals surface area contributed by atoms with E-state index in [4.69, 9.17) is 14.2 Å². The molecule has 5 aliphatic carbocycles. The van der Waals surface area contributed by atoms with E-state index in [-0.39, 0.29) is 6.10 Å². The highest BCUT2D eigenvalue weighted by atomic mass is 16.7. The molecule has 7 unspecified atom stereocenters. The molecule has 0 spiro atoms. The lowest BCUT2D eigenvalue weighted by molar-refractivity contribution is -0.313. The smallest absolute Gasteiger partial charge is 0.186 e. The summed E-state index contributed by atoms with van der Waals surface area (Å²) >= 11 is 0. The van der Waals surface area contributed by atoms with Gasteiger partial charge in [-0.2, -0.15) is 0 Å². The van der Waals surface area contributed by atoms with Crippen LogP contribution in [0.3, 0.4) is 0 Å². The summed E-state index contributed by atoms with van der Waals surface area (Å²) in [6.07, 6.45) is 4.25. The van der Waals surface area contributed by atoms with Gasteiger partial charge >= 0.3 is 0 Å². The molecule has 176 valence electrons. The van der Waals surface area contributed by atoms with Gasteiger partial charge in [-0.25, -0.2) is 0 Å². The topological polar surface area (TPSA) is 109 Å². The molecular weight excluding hydrogens is 400 g/mol. The number of hydrogen-bond donors (Lipinski definition) is 4. The normalized spacial score (nSPS) is 49.3. The zero-order chi connectivity index (χ0) is 21.7. The minimum Gasteiger partial charge on any atom is -0.501 e. The van der Waals surface area contributed by atoms with Gasteiger partial charge in [0.05, 0.1) is 25.6 Å². The van der Waals surface area contributed by atoms with Crippen molar-refractivity contribution >= 4 is 0 Å². The van der Waals surface area contributed by atoms with Crippen LogP contribution < -0.4 is 0 Å². The molecule has 1 aliphatic heterocycles. The van der Waals surface area contributed by atoms with Crippen molar-refractivity contribution in [3.63, 3.8) is 0 Å². The van der Waals surface area contributed by atoms with Crippen LogP contribution in [0, 0.1) is 29.6 Å². The molecule has 4 N–H and O–H groups in total. The van der Waals surface area contributed by atoms with Crippen LogP contribution in [0.5, 0.6) is 0 Å². The van der Waals surface area contributed by atoms with E-state index in [1.165, 1.54) is 37.9 Å². The van der Waals surface area contributed by atoms with Crippen LogP contribution in [0.2, 0.25) is 0 Å². The molecule has 1 heterocycles. The predicted molar refractivity (Wildman–Crippen MR) is 112 cm³/mol. The molecule has 0 amide bonds. The van der Waals surface area contributed by atoms with E-state index < -0.39 is 37.3 Å². The summed E-state index contributed by atoms with van der Waals surface area (Å²) in [4.78, 5) is 0. The molecule has 0 aromatic carbocycles. The second-order valence-electron chi connectivity index (χ2n) is 10.6. The lowest BCUT2D eigenvalue weighted by Gasteiger charge is -2.52. The first kappa shape index (κ1) is 22.1. The summed E-state index contributed by atoms with van der Waals surface area (Å²) in [5.41, 5.74) is 1.59. The van der Waals surface area contributed by atoms with Gasteiger partial charge in [-0.05, 0) is 80.6 Å². The Morgan fingerprint density at radius 1 is 0.903 bits per heavy atom. The standard InChI is InChI=1S/C24H38O7/c1-29-23(19-15-6-12-5-13(8-15)9-16(19)7-12)14-3-2-4-17(10-14)30-24-22(28)21(27)20(26)18(11-25)31-24/h12-18,20-22,24-28H,2-11H2,1H3. The molecule has 7 atom stereocenters. The highest BCUT2D eigenvalue weighted by Crippen LogP contribution is 2.58. The van der Waals surface area contributed by atoms with Crippen molar-refractivity contribution in [1.82, 2.24) is 0 Å². The highest BCUT2D eigenvalue weighted by molar-refractivity contribution is 5.25. The summed E-state index contributed by atoms with van der Waals surface area (Å²) in [5, 5.41) is 39.8. The van der Waals surface area contributed by atoms with Crippen molar-refractivity contribution in [1.29, 1.82) is 0 Å². The van der Waals surface area contributed by atoms with Crippen molar-refractivity contribution in [2.45, 2.75) is 94.6 Å². The van der Waals surface area contributed by atoms with Crippen LogP contribution in [0.4, 0.5) is 0 Å². The second-order valence-corrected chi connectivity index (χ2v) is 10.6. The van der Waals surface area contributed by atoms with Crippen LogP contribution in [0.25, 0.3) is 0 Å². The van der Waals surface area contributed by atoms with Crippen LogP contribution in [-0.2, 0) is 14.2 Å². The molecule has 31 heavy (non-hydrogen) atoms. The third kappa shape index (κ3) is 4.06. The minimum atomic E-state index is -1.40. The average molecular weight is 439 g/mol. The van der Waals surface area contributed by atoms with Gasteiger partial charge < -0.3 is 34.6 Å². The number of rotatable bonds is 5. The molecule has 1 saturated heterocycles. The third-order valence-corrected chi connectivity index (χ3v) is 8.69. The Morgan fingerprint density at radius 3 is 2.19 bits per heavy atom. The van der Waals surface area contributed by atoms with Crippen LogP contribution in [-0.4, -0.2) is 71.0 Å². The third-order valence-electron chi connectivity index (χ3n) is 8.69. The molecule has 0 aromatic rings. The maximum absolute atomic E-state index is 10.3. The van der Waals surface area contributed by atoms with Gasteiger partial charge in [0.15, 0.2) is 6.29 Å². The fourth-order valence-electron chi connectivity index (χ4n) is 7.49. The average Bonchev–Trinajstić information content (AvgIpc) is 2.76. The molecule has 0 radical (unpaired) electrons. The SMILES string of the molecule is COC(=C1C2CC3CC(C2)CC1C3)C1CCCC(OC2OC(CO)C(O)C(O)C2O)C1. The molecule has 6 fully saturated rings. The maximum atomic E-state index is 10.3. The van der Waals surface area contributed by atoms with Gasteiger partial charge in [-0.15, -0.1) is 0 Å². The van der Waals surface area contributed by atoms with E-state index in [1.54, 1.807) is 5.57 Å². The fourth-order valence-corrected chi connectivity index (χ4v) is 7.49. The lowest BCUT2D eigenvalue weighted by Crippen LogP contribution is -2.59. The number of aliphatic hydroxyl groups excluding tert-OH is 4. The molecule has 7 heteroatoms. The first-order valence-electron chi connectivity index (χ1n) is 12.2. The predicted octanol–water partition coefficient (Wildman–Crippen LogP) is 1.72. The molecule has 0 aromatic heterocycles. The van der Waals surface area contributed by atoms with Crippen molar-refractivity contribution in [3.05, 3.63) is 11.3 Å². The Labute approximate surface area is 184 Å². The zero-order valence-corrected chi connectivity index (χ0v) is 18.4. The Kier molecular flexibility index (Phi) is 6.36. The number of methoxy groups -OCH3 is 1. The molecule has 4 bridgehead atoms. The number of allylic oxidation sites excluding steroid dienone is 2. The zero-order valence-electron chi connectivity index (χ0n) is 18.4. The van der Waals surface area contributed by atoms with Gasteiger partial charge in [0.1, 0.15) is 24.4 Å². The molecule has 6 aliphatic rings. The summed E-state index contributed by atoms with van der Waals surface area (Å²) in [6, 6.07) is 0. The van der Waals surface area contributed by atoms with E-state index in [9.17, 15) is 20.4 Å². The van der Waals surface area contributed by atoms with Gasteiger partial charge in [-0.3, -0.25) is 0 Å². The fraction of sp³-hybridized carbons (Fsp3) is 0.917. The first-order chi connectivity index (χ1) is 15.0. The summed E-state index contributed by atoms with van der Waals surface area (Å²) in [5.74, 6) is 4.71. The van der Waals surface area contributed by atoms with Gasteiger partial charge in [0.2, 0.25) is 0 Å². The first-order valence-corrected chi connectivity index (χ1v) is 12.2. The van der Waals surface area contributed by atoms with Gasteiger partial charge in [0, 0.05) is 5.92 Å². The summed E-state index contributed by atoms with van der Waals surface area (Å²) in [6.45, 7) is -0.442. The summed E-state index contributed by atoms with van der Waals surface area (Å²) < 4.78 is 17.7. The van der Waals surface area contributed by atoms with E-state index in [0.717, 1.165) is 37.5 Å². The van der Waals surface area contributed by atoms with Gasteiger partial charge in [-0.1, -0.05) is 6.42 Å². The number of aliphatic hydroxyl groups is 4. The summed E-state index contributed by atoms with van der Waals surface area (Å²) in [7, 11) is 1.81. The largest absolute Gasteiger partial charge is 0.501 e. The highest BCUT2D eigenvalue weighted by Gasteiger charge is 2.48. The molecule has 7 nitrogen and oxygen atoms in total. The quantitative estimate of drug-likeness (QED) is 0.484. The number of ether oxygens (including phenoxy) is 3. The van der Waals surface area contributed by atoms with E-state index >= 15 is 0 Å². The van der Waals surface area contributed by atoms with Crippen molar-refractivity contribution in [2.75, 3.05) is 13.7 Å². The Hall–Kier alpha value is -0.700. The Bertz CT molecular complexity index is 647. The second kappa shape index (κ2) is 8.92. The Balaban J connectivity index is 1.29. The van der Waals surface area contributed by atoms with Gasteiger partial charge in [0.25, 0.3) is 0 Å². The molecular formula is C24H38O7. The van der Waals surface area contributed by atoms with Crippen LogP contribution in [0.1, 0.15) is 57.8 Å². The van der Waals surface area contributed by atoms with Crippen molar-refractivity contribution < 1.29 is 34.6 Å². The monoisotopic (exact) mass is 438 g/mol. The molecule has 5 saturated carbocycles. The maximum Gasteiger partial charge on any atom is 0.186 e. The Morgan fingerprint density at radius 2 is 1.58 bits per heavy atom. The van der Waals surface area contributed by atoms with Crippen LogP contribution in [0.15, 0.2) is 11.3 Å². The van der Waals surface area contributed by atoms with Crippen molar-refractivity contribution in [2.24, 2.45) is 29.6 Å². The lowest BCUT2D eigenvalue weighted by atomic mass is 9.53. The minimum absolute atomic E-state index is 0.122. The van der Waals surface area contributed by atoms with Crippen molar-refractivity contribution in [3.8, 4) is 0 Å². The molecule has 6 rings (SSSR count).